The van der Waals surface area contributed by atoms with Gasteiger partial charge in [0.25, 0.3) is 0 Å². The summed E-state index contributed by atoms with van der Waals surface area (Å²) < 4.78 is 10.8. The molecule has 0 aromatic heterocycles. The van der Waals surface area contributed by atoms with Crippen LogP contribution in [-0.4, -0.2) is 18.8 Å². The minimum atomic E-state index is -0.493. The van der Waals surface area contributed by atoms with Crippen LogP contribution >= 0.6 is 0 Å². The zero-order valence-electron chi connectivity index (χ0n) is 10.4. The van der Waals surface area contributed by atoms with Crippen molar-refractivity contribution in [3.8, 4) is 11.5 Å². The molecule has 0 aliphatic rings. The second-order valence-electron chi connectivity index (χ2n) is 4.29. The van der Waals surface area contributed by atoms with E-state index in [1.54, 1.807) is 20.1 Å². The smallest absolute Gasteiger partial charge is 0.161 e. The average Bonchev–Trinajstić information content (AvgIpc) is 2.25. The van der Waals surface area contributed by atoms with Gasteiger partial charge >= 0.3 is 0 Å². The van der Waals surface area contributed by atoms with Crippen molar-refractivity contribution in [2.24, 2.45) is 5.92 Å². The summed E-state index contributed by atoms with van der Waals surface area (Å²) in [5, 5.41) is 9.46. The van der Waals surface area contributed by atoms with Crippen molar-refractivity contribution < 1.29 is 14.6 Å². The van der Waals surface area contributed by atoms with Crippen molar-refractivity contribution in [3.05, 3.63) is 23.8 Å². The normalized spacial score (nSPS) is 12.6. The highest BCUT2D eigenvalue weighted by molar-refractivity contribution is 5.43. The van der Waals surface area contributed by atoms with Crippen LogP contribution in [0.25, 0.3) is 0 Å². The van der Waals surface area contributed by atoms with Gasteiger partial charge < -0.3 is 14.6 Å². The highest BCUT2D eigenvalue weighted by Gasteiger charge is 2.09. The molecule has 16 heavy (non-hydrogen) atoms. The maximum absolute atomic E-state index is 9.46. The van der Waals surface area contributed by atoms with Gasteiger partial charge in [-0.2, -0.15) is 0 Å². The number of aliphatic hydroxyl groups excluding tert-OH is 1. The minimum Gasteiger partial charge on any atom is -0.493 e. The molecule has 0 radical (unpaired) electrons. The van der Waals surface area contributed by atoms with E-state index >= 15 is 0 Å². The molecule has 0 saturated carbocycles. The predicted octanol–water partition coefficient (Wildman–Crippen LogP) is 2.78. The van der Waals surface area contributed by atoms with Crippen LogP contribution in [0.1, 0.15) is 32.4 Å². The number of aliphatic hydroxyl groups is 1. The molecule has 1 aromatic carbocycles. The molecule has 1 aromatic rings. The van der Waals surface area contributed by atoms with Crippen molar-refractivity contribution in [2.75, 3.05) is 13.7 Å². The Bertz CT molecular complexity index is 332. The molecule has 0 fully saturated rings. The Morgan fingerprint density at radius 3 is 2.38 bits per heavy atom. The Kier molecular flexibility index (Phi) is 4.62. The van der Waals surface area contributed by atoms with Crippen molar-refractivity contribution >= 4 is 0 Å². The molecule has 0 amide bonds. The Morgan fingerprint density at radius 2 is 1.88 bits per heavy atom. The molecule has 0 unspecified atom stereocenters. The van der Waals surface area contributed by atoms with Gasteiger partial charge in [-0.15, -0.1) is 0 Å². The summed E-state index contributed by atoms with van der Waals surface area (Å²) in [4.78, 5) is 0. The van der Waals surface area contributed by atoms with Gasteiger partial charge in [-0.05, 0) is 30.5 Å². The summed E-state index contributed by atoms with van der Waals surface area (Å²) in [6, 6.07) is 5.49. The molecule has 0 spiro atoms. The average molecular weight is 224 g/mol. The topological polar surface area (TPSA) is 38.7 Å². The maximum Gasteiger partial charge on any atom is 0.161 e. The fourth-order valence-corrected chi connectivity index (χ4v) is 1.32. The van der Waals surface area contributed by atoms with E-state index in [0.717, 1.165) is 11.3 Å². The third-order valence-electron chi connectivity index (χ3n) is 2.24. The van der Waals surface area contributed by atoms with E-state index in [9.17, 15) is 5.11 Å². The number of methoxy groups -OCH3 is 1. The molecular weight excluding hydrogens is 204 g/mol. The highest BCUT2D eigenvalue weighted by Crippen LogP contribution is 2.30. The van der Waals surface area contributed by atoms with Gasteiger partial charge in [0.05, 0.1) is 19.8 Å². The third kappa shape index (κ3) is 3.42. The van der Waals surface area contributed by atoms with Crippen LogP contribution in [0.2, 0.25) is 0 Å². The molecule has 1 N–H and O–H groups in total. The zero-order chi connectivity index (χ0) is 12.1. The monoisotopic (exact) mass is 224 g/mol. The van der Waals surface area contributed by atoms with Gasteiger partial charge in [0.1, 0.15) is 0 Å². The first kappa shape index (κ1) is 12.8. The number of benzene rings is 1. The SMILES string of the molecule is COc1cc([C@H](C)O)ccc1OCC(C)C. The van der Waals surface area contributed by atoms with Crippen LogP contribution in [0.3, 0.4) is 0 Å². The largest absolute Gasteiger partial charge is 0.493 e. The lowest BCUT2D eigenvalue weighted by Crippen LogP contribution is -2.06. The molecule has 90 valence electrons. The lowest BCUT2D eigenvalue weighted by atomic mass is 10.1. The van der Waals surface area contributed by atoms with Gasteiger partial charge in [0, 0.05) is 0 Å². The summed E-state index contributed by atoms with van der Waals surface area (Å²) in [5.74, 6) is 1.86. The molecule has 3 nitrogen and oxygen atoms in total. The quantitative estimate of drug-likeness (QED) is 0.835. The van der Waals surface area contributed by atoms with Crippen LogP contribution in [0.15, 0.2) is 18.2 Å². The van der Waals surface area contributed by atoms with E-state index in [1.165, 1.54) is 0 Å². The second-order valence-corrected chi connectivity index (χ2v) is 4.29. The summed E-state index contributed by atoms with van der Waals surface area (Å²) in [5.41, 5.74) is 0.828. The molecular formula is C13H20O3. The molecule has 1 rings (SSSR count). The van der Waals surface area contributed by atoms with E-state index in [2.05, 4.69) is 13.8 Å². The molecule has 0 aliphatic heterocycles. The third-order valence-corrected chi connectivity index (χ3v) is 2.24. The molecule has 1 atom stereocenters. The maximum atomic E-state index is 9.46. The van der Waals surface area contributed by atoms with Gasteiger partial charge in [-0.25, -0.2) is 0 Å². The fourth-order valence-electron chi connectivity index (χ4n) is 1.32. The highest BCUT2D eigenvalue weighted by atomic mass is 16.5. The molecule has 3 heteroatoms. The van der Waals surface area contributed by atoms with Crippen LogP contribution in [0, 0.1) is 5.92 Å². The Labute approximate surface area is 97.0 Å². The summed E-state index contributed by atoms with van der Waals surface area (Å²) in [7, 11) is 1.60. The van der Waals surface area contributed by atoms with Gasteiger partial charge in [-0.3, -0.25) is 0 Å². The van der Waals surface area contributed by atoms with Gasteiger partial charge in [-0.1, -0.05) is 19.9 Å². The van der Waals surface area contributed by atoms with E-state index in [0.29, 0.717) is 18.3 Å². The van der Waals surface area contributed by atoms with E-state index in [4.69, 9.17) is 9.47 Å². The predicted molar refractivity (Wildman–Crippen MR) is 64.0 cm³/mol. The molecule has 0 bridgehead atoms. The standard InChI is InChI=1S/C13H20O3/c1-9(2)8-16-12-6-5-11(10(3)14)7-13(12)15-4/h5-7,9-10,14H,8H2,1-4H3/t10-/m0/s1. The first-order valence-electron chi connectivity index (χ1n) is 5.53. The fraction of sp³-hybridized carbons (Fsp3) is 0.538. The second kappa shape index (κ2) is 5.75. The Balaban J connectivity index is 2.84. The van der Waals surface area contributed by atoms with Crippen molar-refractivity contribution in [1.29, 1.82) is 0 Å². The zero-order valence-corrected chi connectivity index (χ0v) is 10.4. The molecule has 0 saturated heterocycles. The van der Waals surface area contributed by atoms with E-state index in [-0.39, 0.29) is 0 Å². The van der Waals surface area contributed by atoms with Crippen molar-refractivity contribution in [2.45, 2.75) is 26.9 Å². The number of ether oxygens (including phenoxy) is 2. The first-order chi connectivity index (χ1) is 7.54. The van der Waals surface area contributed by atoms with Crippen LogP contribution < -0.4 is 9.47 Å². The minimum absolute atomic E-state index is 0.473. The summed E-state index contributed by atoms with van der Waals surface area (Å²) in [6.07, 6.45) is -0.493. The molecule has 0 heterocycles. The number of hydrogen-bond acceptors (Lipinski definition) is 3. The Morgan fingerprint density at radius 1 is 1.19 bits per heavy atom. The number of rotatable bonds is 5. The number of hydrogen-bond donors (Lipinski definition) is 1. The summed E-state index contributed by atoms with van der Waals surface area (Å²) in [6.45, 7) is 6.57. The van der Waals surface area contributed by atoms with E-state index < -0.39 is 6.10 Å². The van der Waals surface area contributed by atoms with Crippen LogP contribution in [-0.2, 0) is 0 Å². The molecule has 0 aliphatic carbocycles. The lowest BCUT2D eigenvalue weighted by molar-refractivity contribution is 0.198. The Hall–Kier alpha value is -1.22. The van der Waals surface area contributed by atoms with Crippen molar-refractivity contribution in [1.82, 2.24) is 0 Å². The van der Waals surface area contributed by atoms with E-state index in [1.807, 2.05) is 12.1 Å². The van der Waals surface area contributed by atoms with Gasteiger partial charge in [0.15, 0.2) is 11.5 Å². The van der Waals surface area contributed by atoms with Crippen LogP contribution in [0.4, 0.5) is 0 Å². The first-order valence-corrected chi connectivity index (χ1v) is 5.53. The van der Waals surface area contributed by atoms with Gasteiger partial charge in [0.2, 0.25) is 0 Å². The van der Waals surface area contributed by atoms with Crippen LogP contribution in [0.5, 0.6) is 11.5 Å². The lowest BCUT2D eigenvalue weighted by Gasteiger charge is -2.14. The van der Waals surface area contributed by atoms with Crippen molar-refractivity contribution in [3.63, 3.8) is 0 Å². The summed E-state index contributed by atoms with van der Waals surface area (Å²) >= 11 is 0.